The SMILES string of the molecule is CCCCOCCCCCC(CCC)OCC. The molecule has 0 radical (unpaired) electrons. The van der Waals surface area contributed by atoms with Crippen LogP contribution in [0.1, 0.15) is 72.1 Å². The lowest BCUT2D eigenvalue weighted by atomic mass is 10.1. The van der Waals surface area contributed by atoms with Gasteiger partial charge in [0.15, 0.2) is 0 Å². The molecule has 0 spiro atoms. The minimum absolute atomic E-state index is 0.492. The first-order valence-corrected chi connectivity index (χ1v) is 7.54. The van der Waals surface area contributed by atoms with Crippen LogP contribution >= 0.6 is 0 Å². The Hall–Kier alpha value is -0.0800. The fraction of sp³-hybridized carbons (Fsp3) is 1.00. The molecule has 1 atom stereocenters. The van der Waals surface area contributed by atoms with Gasteiger partial charge in [0.05, 0.1) is 6.10 Å². The van der Waals surface area contributed by atoms with Gasteiger partial charge in [0.25, 0.3) is 0 Å². The maximum absolute atomic E-state index is 5.71. The van der Waals surface area contributed by atoms with Crippen molar-refractivity contribution in [3.05, 3.63) is 0 Å². The highest BCUT2D eigenvalue weighted by atomic mass is 16.5. The molecule has 0 saturated carbocycles. The summed E-state index contributed by atoms with van der Waals surface area (Å²) in [4.78, 5) is 0. The minimum Gasteiger partial charge on any atom is -0.381 e. The maximum Gasteiger partial charge on any atom is 0.0574 e. The predicted molar refractivity (Wildman–Crippen MR) is 74.5 cm³/mol. The smallest absolute Gasteiger partial charge is 0.0574 e. The molecule has 0 fully saturated rings. The predicted octanol–water partition coefficient (Wildman–Crippen LogP) is 4.57. The average Bonchev–Trinajstić information content (AvgIpc) is 2.33. The van der Waals surface area contributed by atoms with Crippen molar-refractivity contribution in [1.82, 2.24) is 0 Å². The molecular formula is C15H32O2. The van der Waals surface area contributed by atoms with Crippen LogP contribution in [-0.4, -0.2) is 25.9 Å². The normalized spacial score (nSPS) is 12.9. The topological polar surface area (TPSA) is 18.5 Å². The van der Waals surface area contributed by atoms with E-state index in [-0.39, 0.29) is 0 Å². The van der Waals surface area contributed by atoms with E-state index in [9.17, 15) is 0 Å². The summed E-state index contributed by atoms with van der Waals surface area (Å²) in [6, 6.07) is 0. The summed E-state index contributed by atoms with van der Waals surface area (Å²) in [5.41, 5.74) is 0. The lowest BCUT2D eigenvalue weighted by Crippen LogP contribution is -2.12. The van der Waals surface area contributed by atoms with E-state index in [1.165, 1.54) is 51.4 Å². The van der Waals surface area contributed by atoms with Crippen LogP contribution in [0.2, 0.25) is 0 Å². The molecule has 104 valence electrons. The van der Waals surface area contributed by atoms with E-state index < -0.39 is 0 Å². The van der Waals surface area contributed by atoms with Crippen LogP contribution in [-0.2, 0) is 9.47 Å². The standard InChI is InChI=1S/C15H32O2/c1-4-7-13-16-14-10-8-9-12-15(11-5-2)17-6-3/h15H,4-14H2,1-3H3. The van der Waals surface area contributed by atoms with Crippen molar-refractivity contribution in [1.29, 1.82) is 0 Å². The van der Waals surface area contributed by atoms with Crippen LogP contribution in [0.5, 0.6) is 0 Å². The second kappa shape index (κ2) is 14.0. The van der Waals surface area contributed by atoms with Crippen molar-refractivity contribution in [2.24, 2.45) is 0 Å². The van der Waals surface area contributed by atoms with Crippen LogP contribution in [0, 0.1) is 0 Å². The first kappa shape index (κ1) is 16.9. The van der Waals surface area contributed by atoms with E-state index in [0.717, 1.165) is 19.8 Å². The zero-order chi connectivity index (χ0) is 12.8. The number of hydrogen-bond acceptors (Lipinski definition) is 2. The zero-order valence-corrected chi connectivity index (χ0v) is 12.2. The van der Waals surface area contributed by atoms with E-state index in [2.05, 4.69) is 20.8 Å². The van der Waals surface area contributed by atoms with Gasteiger partial charge in [-0.25, -0.2) is 0 Å². The second-order valence-electron chi connectivity index (χ2n) is 4.68. The van der Waals surface area contributed by atoms with Crippen molar-refractivity contribution < 1.29 is 9.47 Å². The van der Waals surface area contributed by atoms with Gasteiger partial charge in [-0.05, 0) is 32.6 Å². The number of ether oxygens (including phenoxy) is 2. The number of hydrogen-bond donors (Lipinski definition) is 0. The Morgan fingerprint density at radius 2 is 1.53 bits per heavy atom. The van der Waals surface area contributed by atoms with Gasteiger partial charge < -0.3 is 9.47 Å². The van der Waals surface area contributed by atoms with Crippen molar-refractivity contribution in [2.75, 3.05) is 19.8 Å². The molecule has 0 aromatic carbocycles. The molecule has 0 aliphatic rings. The van der Waals surface area contributed by atoms with Crippen LogP contribution in [0.15, 0.2) is 0 Å². The van der Waals surface area contributed by atoms with Gasteiger partial charge >= 0.3 is 0 Å². The van der Waals surface area contributed by atoms with Gasteiger partial charge in [-0.3, -0.25) is 0 Å². The molecule has 0 N–H and O–H groups in total. The largest absolute Gasteiger partial charge is 0.381 e. The van der Waals surface area contributed by atoms with Gasteiger partial charge in [0, 0.05) is 19.8 Å². The second-order valence-corrected chi connectivity index (χ2v) is 4.68. The summed E-state index contributed by atoms with van der Waals surface area (Å²) in [5.74, 6) is 0. The lowest BCUT2D eigenvalue weighted by Gasteiger charge is -2.15. The molecule has 0 aliphatic carbocycles. The van der Waals surface area contributed by atoms with Crippen LogP contribution < -0.4 is 0 Å². The lowest BCUT2D eigenvalue weighted by molar-refractivity contribution is 0.0476. The summed E-state index contributed by atoms with van der Waals surface area (Å²) in [6.07, 6.45) is 10.3. The third-order valence-corrected chi connectivity index (χ3v) is 2.97. The molecule has 17 heavy (non-hydrogen) atoms. The van der Waals surface area contributed by atoms with Crippen molar-refractivity contribution in [2.45, 2.75) is 78.2 Å². The molecule has 0 bridgehead atoms. The molecule has 2 nitrogen and oxygen atoms in total. The highest BCUT2D eigenvalue weighted by molar-refractivity contribution is 4.57. The Morgan fingerprint density at radius 1 is 0.765 bits per heavy atom. The van der Waals surface area contributed by atoms with Crippen molar-refractivity contribution >= 4 is 0 Å². The molecule has 0 aliphatic heterocycles. The maximum atomic E-state index is 5.71. The Bertz CT molecular complexity index is 131. The van der Waals surface area contributed by atoms with E-state index in [0.29, 0.717) is 6.10 Å². The van der Waals surface area contributed by atoms with Crippen LogP contribution in [0.3, 0.4) is 0 Å². The number of rotatable bonds is 13. The first-order valence-electron chi connectivity index (χ1n) is 7.54. The van der Waals surface area contributed by atoms with E-state index in [1.54, 1.807) is 0 Å². The highest BCUT2D eigenvalue weighted by Gasteiger charge is 2.06. The average molecular weight is 244 g/mol. The minimum atomic E-state index is 0.492. The fourth-order valence-electron chi connectivity index (χ4n) is 1.97. The molecule has 0 saturated heterocycles. The van der Waals surface area contributed by atoms with E-state index in [4.69, 9.17) is 9.47 Å². The van der Waals surface area contributed by atoms with E-state index >= 15 is 0 Å². The highest BCUT2D eigenvalue weighted by Crippen LogP contribution is 2.12. The Morgan fingerprint density at radius 3 is 2.18 bits per heavy atom. The summed E-state index contributed by atoms with van der Waals surface area (Å²) >= 11 is 0. The third-order valence-electron chi connectivity index (χ3n) is 2.97. The molecule has 1 unspecified atom stereocenters. The molecule has 2 heteroatoms. The summed E-state index contributed by atoms with van der Waals surface area (Å²) in [5, 5.41) is 0. The van der Waals surface area contributed by atoms with Gasteiger partial charge in [0.2, 0.25) is 0 Å². The third kappa shape index (κ3) is 12.2. The van der Waals surface area contributed by atoms with Crippen molar-refractivity contribution in [3.63, 3.8) is 0 Å². The van der Waals surface area contributed by atoms with Gasteiger partial charge in [-0.1, -0.05) is 39.5 Å². The monoisotopic (exact) mass is 244 g/mol. The van der Waals surface area contributed by atoms with Gasteiger partial charge in [-0.15, -0.1) is 0 Å². The Balaban J connectivity index is 3.23. The fourth-order valence-corrected chi connectivity index (χ4v) is 1.97. The molecular weight excluding hydrogens is 212 g/mol. The first-order chi connectivity index (χ1) is 8.35. The van der Waals surface area contributed by atoms with Crippen molar-refractivity contribution in [3.8, 4) is 0 Å². The molecule has 0 rings (SSSR count). The Labute approximate surface area is 108 Å². The number of unbranched alkanes of at least 4 members (excludes halogenated alkanes) is 3. The summed E-state index contributed by atoms with van der Waals surface area (Å²) < 4.78 is 11.3. The Kier molecular flexibility index (Phi) is 13.9. The summed E-state index contributed by atoms with van der Waals surface area (Å²) in [7, 11) is 0. The van der Waals surface area contributed by atoms with Gasteiger partial charge in [0.1, 0.15) is 0 Å². The molecule has 0 amide bonds. The molecule has 0 heterocycles. The van der Waals surface area contributed by atoms with E-state index in [1.807, 2.05) is 0 Å². The molecule has 0 aromatic rings. The molecule has 0 aromatic heterocycles. The van der Waals surface area contributed by atoms with Crippen LogP contribution in [0.25, 0.3) is 0 Å². The van der Waals surface area contributed by atoms with Crippen LogP contribution in [0.4, 0.5) is 0 Å². The van der Waals surface area contributed by atoms with Gasteiger partial charge in [-0.2, -0.15) is 0 Å². The quantitative estimate of drug-likeness (QED) is 0.442. The summed E-state index contributed by atoms with van der Waals surface area (Å²) in [6.45, 7) is 9.24. The zero-order valence-electron chi connectivity index (χ0n) is 12.2.